The number of halogens is 1. The average Bonchev–Trinajstić information content (AvgIpc) is 2.71. The van der Waals surface area contributed by atoms with Crippen molar-refractivity contribution in [3.05, 3.63) is 63.2 Å². The zero-order valence-electron chi connectivity index (χ0n) is 16.2. The van der Waals surface area contributed by atoms with Crippen LogP contribution in [0, 0.1) is 10.1 Å². The van der Waals surface area contributed by atoms with E-state index in [-0.39, 0.29) is 28.8 Å². The molecule has 0 aromatic heterocycles. The summed E-state index contributed by atoms with van der Waals surface area (Å²) in [6, 6.07) is 12.3. The van der Waals surface area contributed by atoms with Crippen LogP contribution in [0.25, 0.3) is 0 Å². The van der Waals surface area contributed by atoms with E-state index in [9.17, 15) is 14.9 Å². The Hall–Kier alpha value is -2.68. The van der Waals surface area contributed by atoms with Crippen molar-refractivity contribution in [2.45, 2.75) is 6.54 Å². The summed E-state index contributed by atoms with van der Waals surface area (Å²) in [6.45, 7) is 4.92. The lowest BCUT2D eigenvalue weighted by Gasteiger charge is -2.29. The average molecular weight is 421 g/mol. The molecule has 1 amide bonds. The Balaban J connectivity index is 1.48. The van der Waals surface area contributed by atoms with Gasteiger partial charge in [0.15, 0.2) is 6.54 Å². The summed E-state index contributed by atoms with van der Waals surface area (Å²) >= 11 is 5.81. The number of benzene rings is 2. The largest absolute Gasteiger partial charge is 0.497 e. The van der Waals surface area contributed by atoms with E-state index in [4.69, 9.17) is 16.3 Å². The second kappa shape index (κ2) is 9.69. The minimum atomic E-state index is -0.546. The number of ether oxygens (including phenoxy) is 1. The first kappa shape index (κ1) is 21.0. The number of rotatable bonds is 7. The van der Waals surface area contributed by atoms with E-state index in [0.717, 1.165) is 38.5 Å². The normalized spacial score (nSPS) is 18.8. The van der Waals surface area contributed by atoms with E-state index in [2.05, 4.69) is 17.4 Å². The van der Waals surface area contributed by atoms with E-state index in [1.807, 2.05) is 12.1 Å². The third-order valence-corrected chi connectivity index (χ3v) is 5.35. The molecule has 154 valence electrons. The highest BCUT2D eigenvalue weighted by Crippen LogP contribution is 2.27. The number of carbonyl (C=O) groups excluding carboxylic acids is 1. The Kier molecular flexibility index (Phi) is 7.03. The summed E-state index contributed by atoms with van der Waals surface area (Å²) in [7, 11) is 1.66. The summed E-state index contributed by atoms with van der Waals surface area (Å²) < 4.78 is 5.19. The lowest BCUT2D eigenvalue weighted by atomic mass is 10.2. The van der Waals surface area contributed by atoms with Crippen LogP contribution in [0.4, 0.5) is 11.4 Å². The van der Waals surface area contributed by atoms with Crippen molar-refractivity contribution in [3.63, 3.8) is 0 Å². The van der Waals surface area contributed by atoms with Gasteiger partial charge in [0.2, 0.25) is 0 Å². The van der Waals surface area contributed by atoms with Gasteiger partial charge in [-0.05, 0) is 36.4 Å². The molecule has 9 heteroatoms. The first-order valence-electron chi connectivity index (χ1n) is 9.48. The zero-order chi connectivity index (χ0) is 20.8. The number of amides is 1. The van der Waals surface area contributed by atoms with Gasteiger partial charge in [-0.2, -0.15) is 0 Å². The van der Waals surface area contributed by atoms with Gasteiger partial charge in [0, 0.05) is 16.7 Å². The molecule has 0 saturated carbocycles. The van der Waals surface area contributed by atoms with Crippen molar-refractivity contribution in [1.82, 2.24) is 0 Å². The lowest BCUT2D eigenvalue weighted by molar-refractivity contribution is -1.02. The van der Waals surface area contributed by atoms with Crippen molar-refractivity contribution in [1.29, 1.82) is 0 Å². The molecular weight excluding hydrogens is 396 g/mol. The third-order valence-electron chi connectivity index (χ3n) is 5.12. The van der Waals surface area contributed by atoms with Gasteiger partial charge in [-0.25, -0.2) is 0 Å². The maximum atomic E-state index is 12.4. The van der Waals surface area contributed by atoms with Gasteiger partial charge in [-0.1, -0.05) is 11.6 Å². The van der Waals surface area contributed by atoms with Crippen LogP contribution in [0.3, 0.4) is 0 Å². The topological polar surface area (TPSA) is 90.4 Å². The van der Waals surface area contributed by atoms with Crippen LogP contribution >= 0.6 is 11.6 Å². The van der Waals surface area contributed by atoms with Crippen molar-refractivity contribution >= 4 is 28.9 Å². The minimum Gasteiger partial charge on any atom is -0.497 e. The second-order valence-corrected chi connectivity index (χ2v) is 7.60. The van der Waals surface area contributed by atoms with Gasteiger partial charge in [0.25, 0.3) is 11.6 Å². The number of carbonyl (C=O) groups is 1. The maximum absolute atomic E-state index is 12.4. The lowest BCUT2D eigenvalue weighted by Crippen LogP contribution is -3.28. The van der Waals surface area contributed by atoms with Gasteiger partial charge < -0.3 is 19.9 Å². The fraction of sp³-hybridized carbons (Fsp3) is 0.350. The second-order valence-electron chi connectivity index (χ2n) is 7.17. The van der Waals surface area contributed by atoms with E-state index < -0.39 is 4.92 Å². The molecule has 0 spiro atoms. The first-order chi connectivity index (χ1) is 13.9. The SMILES string of the molecule is COc1ccc(C[NH+]2CC[NH+](CC(=O)Nc3ccc(Cl)cc3[N+](=O)[O-])CC2)cc1. The molecule has 1 aliphatic heterocycles. The number of methoxy groups -OCH3 is 1. The molecule has 0 atom stereocenters. The number of nitrogens with one attached hydrogen (secondary N) is 3. The molecule has 3 rings (SSSR count). The first-order valence-corrected chi connectivity index (χ1v) is 9.86. The molecule has 1 saturated heterocycles. The molecule has 3 N–H and O–H groups in total. The third kappa shape index (κ3) is 5.90. The van der Waals surface area contributed by atoms with Crippen LogP contribution in [0.1, 0.15) is 5.56 Å². The van der Waals surface area contributed by atoms with Crippen LogP contribution in [0.15, 0.2) is 42.5 Å². The van der Waals surface area contributed by atoms with Crippen molar-refractivity contribution in [3.8, 4) is 5.75 Å². The number of nitro benzene ring substituents is 1. The molecule has 0 aliphatic carbocycles. The highest BCUT2D eigenvalue weighted by molar-refractivity contribution is 6.31. The molecule has 8 nitrogen and oxygen atoms in total. The molecule has 1 aliphatic rings. The number of hydrogen-bond acceptors (Lipinski definition) is 4. The van der Waals surface area contributed by atoms with E-state index >= 15 is 0 Å². The Labute approximate surface area is 174 Å². The van der Waals surface area contributed by atoms with Crippen LogP contribution in [-0.2, 0) is 11.3 Å². The summed E-state index contributed by atoms with van der Waals surface area (Å²) in [4.78, 5) is 25.6. The molecule has 29 heavy (non-hydrogen) atoms. The number of hydrogen-bond donors (Lipinski definition) is 3. The maximum Gasteiger partial charge on any atom is 0.294 e. The van der Waals surface area contributed by atoms with Gasteiger partial charge in [-0.15, -0.1) is 0 Å². The van der Waals surface area contributed by atoms with E-state index in [1.54, 1.807) is 7.11 Å². The molecular formula is C20H25ClN4O4+2. The molecule has 0 unspecified atom stereocenters. The summed E-state index contributed by atoms with van der Waals surface area (Å²) in [5, 5.41) is 14.1. The van der Waals surface area contributed by atoms with Gasteiger partial charge in [-0.3, -0.25) is 14.9 Å². The standard InChI is InChI=1S/C20H23ClN4O4/c1-29-17-5-2-15(3-6-17)13-23-8-10-24(11-9-23)14-20(26)22-18-7-4-16(21)12-19(18)25(27)28/h2-7,12H,8-11,13-14H2,1H3,(H,22,26)/p+2. The molecule has 0 radical (unpaired) electrons. The Morgan fingerprint density at radius 2 is 1.79 bits per heavy atom. The number of quaternary nitrogens is 2. The smallest absolute Gasteiger partial charge is 0.294 e. The Morgan fingerprint density at radius 1 is 1.14 bits per heavy atom. The predicted molar refractivity (Wildman–Crippen MR) is 110 cm³/mol. The van der Waals surface area contributed by atoms with E-state index in [0.29, 0.717) is 0 Å². The molecule has 2 aromatic carbocycles. The molecule has 2 aromatic rings. The Bertz CT molecular complexity index is 867. The van der Waals surface area contributed by atoms with E-state index in [1.165, 1.54) is 33.6 Å². The number of anilines is 1. The zero-order valence-corrected chi connectivity index (χ0v) is 17.0. The minimum absolute atomic E-state index is 0.174. The number of piperazine rings is 1. The monoisotopic (exact) mass is 420 g/mol. The van der Waals surface area contributed by atoms with Gasteiger partial charge >= 0.3 is 0 Å². The molecule has 1 heterocycles. The number of nitro groups is 1. The highest BCUT2D eigenvalue weighted by atomic mass is 35.5. The summed E-state index contributed by atoms with van der Waals surface area (Å²) in [5.41, 5.74) is 1.24. The van der Waals surface area contributed by atoms with Gasteiger partial charge in [0.05, 0.1) is 12.0 Å². The Morgan fingerprint density at radius 3 is 2.41 bits per heavy atom. The summed E-state index contributed by atoms with van der Waals surface area (Å²) in [5.74, 6) is 0.619. The fourth-order valence-electron chi connectivity index (χ4n) is 3.53. The van der Waals surface area contributed by atoms with Crippen molar-refractivity contribution < 1.29 is 24.3 Å². The number of nitrogens with zero attached hydrogens (tertiary/aromatic N) is 1. The quantitative estimate of drug-likeness (QED) is 0.440. The van der Waals surface area contributed by atoms with Crippen molar-refractivity contribution in [2.75, 3.05) is 45.2 Å². The van der Waals surface area contributed by atoms with Crippen LogP contribution < -0.4 is 19.9 Å². The molecule has 1 fully saturated rings. The van der Waals surface area contributed by atoms with Crippen LogP contribution in [0.2, 0.25) is 5.02 Å². The predicted octanol–water partition coefficient (Wildman–Crippen LogP) is 0.179. The summed E-state index contributed by atoms with van der Waals surface area (Å²) in [6.07, 6.45) is 0. The van der Waals surface area contributed by atoms with Crippen LogP contribution in [0.5, 0.6) is 5.75 Å². The molecule has 0 bridgehead atoms. The van der Waals surface area contributed by atoms with Gasteiger partial charge in [0.1, 0.15) is 44.2 Å². The van der Waals surface area contributed by atoms with Crippen LogP contribution in [-0.4, -0.2) is 50.7 Å². The highest BCUT2D eigenvalue weighted by Gasteiger charge is 2.26. The van der Waals surface area contributed by atoms with Crippen molar-refractivity contribution in [2.24, 2.45) is 0 Å². The fourth-order valence-corrected chi connectivity index (χ4v) is 3.69.